The van der Waals surface area contributed by atoms with E-state index in [9.17, 15) is 14.1 Å². The molecule has 1 aliphatic carbocycles. The number of hydrogen-bond donors (Lipinski definition) is 2. The second kappa shape index (κ2) is 7.71. The molecule has 0 aromatic heterocycles. The monoisotopic (exact) mass is 309 g/mol. The number of rotatable bonds is 5. The van der Waals surface area contributed by atoms with Crippen LogP contribution in [-0.2, 0) is 16.6 Å². The van der Waals surface area contributed by atoms with Gasteiger partial charge in [-0.15, -0.1) is 0 Å². The number of aliphatic hydroxyl groups excluding tert-OH is 1. The van der Waals surface area contributed by atoms with Gasteiger partial charge in [0.05, 0.1) is 0 Å². The summed E-state index contributed by atoms with van der Waals surface area (Å²) in [6, 6.07) is 7.33. The van der Waals surface area contributed by atoms with Crippen molar-refractivity contribution in [2.24, 2.45) is 5.92 Å². The lowest BCUT2D eigenvalue weighted by Crippen LogP contribution is -2.43. The summed E-state index contributed by atoms with van der Waals surface area (Å²) in [4.78, 5) is 12.3. The van der Waals surface area contributed by atoms with Gasteiger partial charge in [-0.05, 0) is 30.5 Å². The maximum absolute atomic E-state index is 12.3. The minimum Gasteiger partial charge on any atom is -0.396 e. The number of aliphatic hydroxyl groups is 1. The van der Waals surface area contributed by atoms with Crippen LogP contribution in [0.2, 0.25) is 0 Å². The Labute approximate surface area is 128 Å². The summed E-state index contributed by atoms with van der Waals surface area (Å²) in [5.74, 6) is 0.516. The van der Waals surface area contributed by atoms with Crippen LogP contribution in [0.5, 0.6) is 0 Å². The van der Waals surface area contributed by atoms with Gasteiger partial charge in [0.25, 0.3) is 5.91 Å². The first-order valence-corrected chi connectivity index (χ1v) is 9.13. The molecule has 2 N–H and O–H groups in total. The third kappa shape index (κ3) is 4.64. The van der Waals surface area contributed by atoms with Crippen molar-refractivity contribution in [3.8, 4) is 0 Å². The Balaban J connectivity index is 2.03. The van der Waals surface area contributed by atoms with E-state index >= 15 is 0 Å². The number of amides is 1. The van der Waals surface area contributed by atoms with Crippen LogP contribution < -0.4 is 5.32 Å². The van der Waals surface area contributed by atoms with E-state index in [1.165, 1.54) is 0 Å². The fourth-order valence-corrected chi connectivity index (χ4v) is 3.55. The molecule has 0 saturated heterocycles. The summed E-state index contributed by atoms with van der Waals surface area (Å²) < 4.78 is 11.3. The van der Waals surface area contributed by atoms with Gasteiger partial charge in [-0.25, -0.2) is 0 Å². The molecule has 0 heterocycles. The van der Waals surface area contributed by atoms with E-state index in [2.05, 4.69) is 5.32 Å². The van der Waals surface area contributed by atoms with Gasteiger partial charge in [-0.1, -0.05) is 25.0 Å². The summed E-state index contributed by atoms with van der Waals surface area (Å²) in [7, 11) is -0.916. The minimum absolute atomic E-state index is 0.0558. The predicted octanol–water partition coefficient (Wildman–Crippen LogP) is 1.85. The van der Waals surface area contributed by atoms with Crippen molar-refractivity contribution >= 4 is 16.7 Å². The van der Waals surface area contributed by atoms with Crippen LogP contribution in [0, 0.1) is 5.92 Å². The highest BCUT2D eigenvalue weighted by atomic mass is 32.2. The van der Waals surface area contributed by atoms with Crippen molar-refractivity contribution in [1.82, 2.24) is 5.32 Å². The lowest BCUT2D eigenvalue weighted by atomic mass is 9.85. The van der Waals surface area contributed by atoms with Gasteiger partial charge >= 0.3 is 0 Å². The zero-order valence-corrected chi connectivity index (χ0v) is 13.2. The van der Waals surface area contributed by atoms with Crippen LogP contribution in [0.1, 0.15) is 41.6 Å². The Morgan fingerprint density at radius 2 is 2.14 bits per heavy atom. The minimum atomic E-state index is -0.916. The van der Waals surface area contributed by atoms with E-state index in [1.807, 2.05) is 12.1 Å². The summed E-state index contributed by atoms with van der Waals surface area (Å²) in [5, 5.41) is 12.4. The van der Waals surface area contributed by atoms with Gasteiger partial charge in [0.15, 0.2) is 0 Å². The lowest BCUT2D eigenvalue weighted by Gasteiger charge is -2.30. The molecule has 1 aliphatic rings. The SMILES string of the molecule is CS(=O)Cc1cccc(C(=O)NC2CCCCC2CO)c1. The zero-order chi connectivity index (χ0) is 15.2. The molecule has 3 unspecified atom stereocenters. The summed E-state index contributed by atoms with van der Waals surface area (Å²) in [6.07, 6.45) is 5.76. The molecule has 1 aromatic carbocycles. The normalized spacial score (nSPS) is 23.5. The molecular weight excluding hydrogens is 286 g/mol. The molecule has 21 heavy (non-hydrogen) atoms. The lowest BCUT2D eigenvalue weighted by molar-refractivity contribution is 0.0872. The Hall–Kier alpha value is -1.20. The average Bonchev–Trinajstić information content (AvgIpc) is 2.47. The third-order valence-electron chi connectivity index (χ3n) is 4.02. The molecule has 5 heteroatoms. The average molecular weight is 309 g/mol. The van der Waals surface area contributed by atoms with E-state index in [4.69, 9.17) is 0 Å². The topological polar surface area (TPSA) is 66.4 Å². The maximum Gasteiger partial charge on any atom is 0.251 e. The van der Waals surface area contributed by atoms with Crippen molar-refractivity contribution in [3.05, 3.63) is 35.4 Å². The molecule has 3 atom stereocenters. The van der Waals surface area contributed by atoms with Crippen molar-refractivity contribution in [2.75, 3.05) is 12.9 Å². The highest BCUT2D eigenvalue weighted by molar-refractivity contribution is 7.83. The molecule has 0 spiro atoms. The summed E-state index contributed by atoms with van der Waals surface area (Å²) >= 11 is 0. The molecule has 1 saturated carbocycles. The van der Waals surface area contributed by atoms with Crippen LogP contribution in [0.25, 0.3) is 0 Å². The zero-order valence-electron chi connectivity index (χ0n) is 12.4. The van der Waals surface area contributed by atoms with E-state index in [1.54, 1.807) is 18.4 Å². The molecular formula is C16H23NO3S. The van der Waals surface area contributed by atoms with Crippen LogP contribution >= 0.6 is 0 Å². The first-order chi connectivity index (χ1) is 10.1. The van der Waals surface area contributed by atoms with Crippen molar-refractivity contribution < 1.29 is 14.1 Å². The maximum atomic E-state index is 12.3. The molecule has 2 rings (SSSR count). The van der Waals surface area contributed by atoms with Gasteiger partial charge in [-0.3, -0.25) is 9.00 Å². The largest absolute Gasteiger partial charge is 0.396 e. The number of carbonyl (C=O) groups is 1. The van der Waals surface area contributed by atoms with Gasteiger partial charge in [-0.2, -0.15) is 0 Å². The third-order valence-corrected chi connectivity index (χ3v) is 4.76. The van der Waals surface area contributed by atoms with Crippen LogP contribution in [0.3, 0.4) is 0 Å². The van der Waals surface area contributed by atoms with Crippen molar-refractivity contribution in [3.63, 3.8) is 0 Å². The van der Waals surface area contributed by atoms with E-state index < -0.39 is 10.8 Å². The second-order valence-electron chi connectivity index (χ2n) is 5.72. The number of hydrogen-bond acceptors (Lipinski definition) is 3. The number of carbonyl (C=O) groups excluding carboxylic acids is 1. The number of benzene rings is 1. The summed E-state index contributed by atoms with van der Waals surface area (Å²) in [6.45, 7) is 0.125. The Kier molecular flexibility index (Phi) is 5.94. The van der Waals surface area contributed by atoms with Crippen LogP contribution in [0.4, 0.5) is 0 Å². The van der Waals surface area contributed by atoms with Crippen molar-refractivity contribution in [2.45, 2.75) is 37.5 Å². The first-order valence-electron chi connectivity index (χ1n) is 7.41. The van der Waals surface area contributed by atoms with Gasteiger partial charge in [0.1, 0.15) is 0 Å². The highest BCUT2D eigenvalue weighted by Crippen LogP contribution is 2.24. The molecule has 116 valence electrons. The molecule has 1 aromatic rings. The Bertz CT molecular complexity index is 518. The first kappa shape index (κ1) is 16.2. The molecule has 1 fully saturated rings. The Morgan fingerprint density at radius 1 is 1.38 bits per heavy atom. The van der Waals surface area contributed by atoms with Gasteiger partial charge in [0, 0.05) is 46.9 Å². The molecule has 0 bridgehead atoms. The van der Waals surface area contributed by atoms with Crippen LogP contribution in [0.15, 0.2) is 24.3 Å². The Morgan fingerprint density at radius 3 is 2.86 bits per heavy atom. The van der Waals surface area contributed by atoms with Crippen molar-refractivity contribution in [1.29, 1.82) is 0 Å². The van der Waals surface area contributed by atoms with Gasteiger partial charge < -0.3 is 10.4 Å². The molecule has 0 radical (unpaired) electrons. The fourth-order valence-electron chi connectivity index (χ4n) is 2.90. The summed E-state index contributed by atoms with van der Waals surface area (Å²) in [5.41, 5.74) is 1.51. The molecule has 1 amide bonds. The van der Waals surface area contributed by atoms with E-state index in [-0.39, 0.29) is 24.5 Å². The number of nitrogens with one attached hydrogen (secondary N) is 1. The quantitative estimate of drug-likeness (QED) is 0.872. The van der Waals surface area contributed by atoms with Crippen LogP contribution in [-0.4, -0.2) is 34.1 Å². The smallest absolute Gasteiger partial charge is 0.251 e. The fraction of sp³-hybridized carbons (Fsp3) is 0.562. The second-order valence-corrected chi connectivity index (χ2v) is 7.16. The highest BCUT2D eigenvalue weighted by Gasteiger charge is 2.26. The predicted molar refractivity (Wildman–Crippen MR) is 84.5 cm³/mol. The van der Waals surface area contributed by atoms with E-state index in [0.29, 0.717) is 11.3 Å². The van der Waals surface area contributed by atoms with Gasteiger partial charge in [0.2, 0.25) is 0 Å². The van der Waals surface area contributed by atoms with E-state index in [0.717, 1.165) is 31.2 Å². The standard InChI is InChI=1S/C16H23NO3S/c1-21(20)11-12-5-4-7-13(9-12)16(19)17-15-8-3-2-6-14(15)10-18/h4-5,7,9,14-15,18H,2-3,6,8,10-11H2,1H3,(H,17,19). The molecule has 4 nitrogen and oxygen atoms in total. The molecule has 0 aliphatic heterocycles.